The number of carbonyl (C=O) groups excluding carboxylic acids is 1. The minimum atomic E-state index is -0.535. The Morgan fingerprint density at radius 2 is 2.21 bits per heavy atom. The molecular weight excluding hydrogens is 250 g/mol. The van der Waals surface area contributed by atoms with Crippen molar-refractivity contribution in [2.45, 2.75) is 20.3 Å². The van der Waals surface area contributed by atoms with Crippen LogP contribution in [0.15, 0.2) is 12.3 Å². The predicted molar refractivity (Wildman–Crippen MR) is 69.9 cm³/mol. The average Bonchev–Trinajstić information content (AvgIpc) is 2.68. The highest BCUT2D eigenvalue weighted by atomic mass is 16.6. The van der Waals surface area contributed by atoms with Gasteiger partial charge in [-0.3, -0.25) is 14.9 Å². The smallest absolute Gasteiger partial charge is 0.287 e. The van der Waals surface area contributed by atoms with Gasteiger partial charge in [0.25, 0.3) is 11.6 Å². The summed E-state index contributed by atoms with van der Waals surface area (Å²) in [7, 11) is 1.58. The van der Waals surface area contributed by atoms with Crippen molar-refractivity contribution in [3.8, 4) is 0 Å². The molecule has 0 aliphatic heterocycles. The van der Waals surface area contributed by atoms with Crippen LogP contribution in [0.1, 0.15) is 30.8 Å². The van der Waals surface area contributed by atoms with Crippen molar-refractivity contribution in [2.24, 2.45) is 12.5 Å². The number of hydrogen-bond acceptors (Lipinski definition) is 4. The molecule has 1 aromatic rings. The third-order valence-electron chi connectivity index (χ3n) is 2.95. The Bertz CT molecular complexity index is 479. The van der Waals surface area contributed by atoms with Gasteiger partial charge in [0.2, 0.25) is 0 Å². The summed E-state index contributed by atoms with van der Waals surface area (Å²) in [6.07, 6.45) is 1.87. The minimum Gasteiger partial charge on any atom is -0.396 e. The van der Waals surface area contributed by atoms with Crippen molar-refractivity contribution in [3.05, 3.63) is 28.1 Å². The molecular formula is C12H19N3O4. The largest absolute Gasteiger partial charge is 0.396 e. The minimum absolute atomic E-state index is 0.0541. The highest BCUT2D eigenvalue weighted by molar-refractivity contribution is 5.93. The fourth-order valence-corrected chi connectivity index (χ4v) is 1.67. The summed E-state index contributed by atoms with van der Waals surface area (Å²) in [5.74, 6) is -0.360. The number of nitrogens with one attached hydrogen (secondary N) is 1. The van der Waals surface area contributed by atoms with E-state index in [1.165, 1.54) is 16.8 Å². The van der Waals surface area contributed by atoms with Gasteiger partial charge in [0.1, 0.15) is 5.69 Å². The lowest BCUT2D eigenvalue weighted by molar-refractivity contribution is -0.384. The van der Waals surface area contributed by atoms with E-state index in [0.29, 0.717) is 13.0 Å². The van der Waals surface area contributed by atoms with Crippen molar-refractivity contribution < 1.29 is 14.8 Å². The zero-order valence-corrected chi connectivity index (χ0v) is 11.3. The van der Waals surface area contributed by atoms with E-state index in [2.05, 4.69) is 5.32 Å². The molecule has 1 amide bonds. The van der Waals surface area contributed by atoms with Crippen LogP contribution in [0.3, 0.4) is 0 Å². The Hall–Kier alpha value is -1.89. The van der Waals surface area contributed by atoms with Crippen LogP contribution < -0.4 is 5.32 Å². The lowest BCUT2D eigenvalue weighted by Gasteiger charge is -2.23. The second-order valence-corrected chi connectivity index (χ2v) is 5.27. The Morgan fingerprint density at radius 3 is 2.68 bits per heavy atom. The molecule has 0 bridgehead atoms. The third kappa shape index (κ3) is 4.06. The van der Waals surface area contributed by atoms with Crippen molar-refractivity contribution in [3.63, 3.8) is 0 Å². The van der Waals surface area contributed by atoms with Gasteiger partial charge in [0.05, 0.1) is 11.1 Å². The van der Waals surface area contributed by atoms with Crippen LogP contribution in [0, 0.1) is 15.5 Å². The first-order valence-corrected chi connectivity index (χ1v) is 5.96. The van der Waals surface area contributed by atoms with E-state index in [4.69, 9.17) is 5.11 Å². The standard InChI is InChI=1S/C12H19N3O4/c1-12(2,4-5-16)8-13-11(17)10-6-9(15(18)19)7-14(10)3/h6-7,16H,4-5,8H2,1-3H3,(H,13,17). The molecule has 0 spiro atoms. The fraction of sp³-hybridized carbons (Fsp3) is 0.583. The first kappa shape index (κ1) is 15.2. The molecule has 106 valence electrons. The highest BCUT2D eigenvalue weighted by Gasteiger charge is 2.21. The Balaban J connectivity index is 2.71. The van der Waals surface area contributed by atoms with E-state index in [0.717, 1.165) is 0 Å². The zero-order chi connectivity index (χ0) is 14.6. The SMILES string of the molecule is Cn1cc([N+](=O)[O-])cc1C(=O)NCC(C)(C)CCO. The molecule has 0 atom stereocenters. The van der Waals surface area contributed by atoms with Crippen LogP contribution in [-0.2, 0) is 7.05 Å². The molecule has 7 heteroatoms. The number of aryl methyl sites for hydroxylation is 1. The van der Waals surface area contributed by atoms with Crippen LogP contribution in [0.2, 0.25) is 0 Å². The molecule has 0 fully saturated rings. The van der Waals surface area contributed by atoms with E-state index in [1.54, 1.807) is 7.05 Å². The van der Waals surface area contributed by atoms with Gasteiger partial charge in [-0.15, -0.1) is 0 Å². The maximum absolute atomic E-state index is 11.9. The van der Waals surface area contributed by atoms with Crippen LogP contribution in [0.25, 0.3) is 0 Å². The second kappa shape index (κ2) is 5.83. The van der Waals surface area contributed by atoms with Crippen molar-refractivity contribution >= 4 is 11.6 Å². The summed E-state index contributed by atoms with van der Waals surface area (Å²) in [6, 6.07) is 1.24. The van der Waals surface area contributed by atoms with Gasteiger partial charge in [-0.1, -0.05) is 13.8 Å². The number of aliphatic hydroxyl groups is 1. The van der Waals surface area contributed by atoms with E-state index in [9.17, 15) is 14.9 Å². The van der Waals surface area contributed by atoms with Crippen molar-refractivity contribution in [1.29, 1.82) is 0 Å². The molecule has 0 aromatic carbocycles. The van der Waals surface area contributed by atoms with Gasteiger partial charge in [-0.2, -0.15) is 0 Å². The summed E-state index contributed by atoms with van der Waals surface area (Å²) in [6.45, 7) is 4.30. The highest BCUT2D eigenvalue weighted by Crippen LogP contribution is 2.19. The molecule has 1 aromatic heterocycles. The van der Waals surface area contributed by atoms with Gasteiger partial charge >= 0.3 is 0 Å². The van der Waals surface area contributed by atoms with E-state index < -0.39 is 4.92 Å². The Morgan fingerprint density at radius 1 is 1.58 bits per heavy atom. The number of amides is 1. The van der Waals surface area contributed by atoms with Gasteiger partial charge in [0, 0.05) is 26.3 Å². The molecule has 0 saturated heterocycles. The molecule has 2 N–H and O–H groups in total. The Kier molecular flexibility index (Phi) is 4.66. The summed E-state index contributed by atoms with van der Waals surface area (Å²) < 4.78 is 1.42. The quantitative estimate of drug-likeness (QED) is 0.596. The number of hydrogen-bond donors (Lipinski definition) is 2. The summed E-state index contributed by atoms with van der Waals surface area (Å²) in [5.41, 5.74) is -0.0876. The number of aliphatic hydroxyl groups excluding tert-OH is 1. The van der Waals surface area contributed by atoms with E-state index in [-0.39, 0.29) is 29.3 Å². The summed E-state index contributed by atoms with van der Waals surface area (Å²) in [5, 5.41) is 22.2. The number of nitro groups is 1. The first-order chi connectivity index (χ1) is 8.76. The topological polar surface area (TPSA) is 97.4 Å². The summed E-state index contributed by atoms with van der Waals surface area (Å²) in [4.78, 5) is 22.0. The molecule has 19 heavy (non-hydrogen) atoms. The molecule has 0 unspecified atom stereocenters. The first-order valence-electron chi connectivity index (χ1n) is 5.96. The van der Waals surface area contributed by atoms with E-state index in [1.807, 2.05) is 13.8 Å². The summed E-state index contributed by atoms with van der Waals surface area (Å²) >= 11 is 0. The Labute approximate surface area is 111 Å². The monoisotopic (exact) mass is 269 g/mol. The lowest BCUT2D eigenvalue weighted by atomic mass is 9.90. The van der Waals surface area contributed by atoms with Crippen molar-refractivity contribution in [2.75, 3.05) is 13.2 Å². The number of aromatic nitrogens is 1. The van der Waals surface area contributed by atoms with E-state index >= 15 is 0 Å². The average molecular weight is 269 g/mol. The predicted octanol–water partition coefficient (Wildman–Crippen LogP) is 1.07. The molecule has 0 radical (unpaired) electrons. The van der Waals surface area contributed by atoms with Gasteiger partial charge in [-0.25, -0.2) is 0 Å². The molecule has 0 aliphatic carbocycles. The van der Waals surface area contributed by atoms with Gasteiger partial charge in [0.15, 0.2) is 0 Å². The number of nitrogens with zero attached hydrogens (tertiary/aromatic N) is 2. The molecule has 0 aliphatic rings. The van der Waals surface area contributed by atoms with Gasteiger partial charge in [-0.05, 0) is 11.8 Å². The molecule has 1 heterocycles. The molecule has 1 rings (SSSR count). The maximum atomic E-state index is 11.9. The second-order valence-electron chi connectivity index (χ2n) is 5.27. The molecule has 7 nitrogen and oxygen atoms in total. The van der Waals surface area contributed by atoms with Crippen LogP contribution in [0.4, 0.5) is 5.69 Å². The van der Waals surface area contributed by atoms with Gasteiger partial charge < -0.3 is 15.0 Å². The third-order valence-corrected chi connectivity index (χ3v) is 2.95. The maximum Gasteiger partial charge on any atom is 0.287 e. The lowest BCUT2D eigenvalue weighted by Crippen LogP contribution is -2.35. The molecule has 0 saturated carbocycles. The van der Waals surface area contributed by atoms with Crippen LogP contribution in [-0.4, -0.2) is 33.7 Å². The van der Waals surface area contributed by atoms with Crippen molar-refractivity contribution in [1.82, 2.24) is 9.88 Å². The number of carbonyl (C=O) groups is 1. The zero-order valence-electron chi connectivity index (χ0n) is 11.3. The van der Waals surface area contributed by atoms with Crippen LogP contribution in [0.5, 0.6) is 0 Å². The fourth-order valence-electron chi connectivity index (χ4n) is 1.67. The normalized spacial score (nSPS) is 11.4. The number of rotatable bonds is 6. The van der Waals surface area contributed by atoms with Crippen LogP contribution >= 0.6 is 0 Å².